The zero-order valence-electron chi connectivity index (χ0n) is 9.66. The van der Waals surface area contributed by atoms with Gasteiger partial charge < -0.3 is 9.72 Å². The Balaban J connectivity index is 2.34. The van der Waals surface area contributed by atoms with Gasteiger partial charge in [0.05, 0.1) is 12.7 Å². The zero-order chi connectivity index (χ0) is 12.7. The van der Waals surface area contributed by atoms with E-state index in [0.717, 1.165) is 21.8 Å². The predicted octanol–water partition coefficient (Wildman–Crippen LogP) is 3.25. The highest BCUT2D eigenvalue weighted by atomic mass is 19.1. The highest BCUT2D eigenvalue weighted by Crippen LogP contribution is 2.27. The van der Waals surface area contributed by atoms with Crippen molar-refractivity contribution in [1.29, 1.82) is 0 Å². The molecule has 0 saturated heterocycles. The molecule has 1 aromatic heterocycles. The van der Waals surface area contributed by atoms with Crippen molar-refractivity contribution in [2.75, 3.05) is 7.11 Å². The number of fused-ring (bicyclic) bond motifs is 3. The van der Waals surface area contributed by atoms with Gasteiger partial charge in [-0.3, -0.25) is 0 Å². The van der Waals surface area contributed by atoms with E-state index in [0.29, 0.717) is 5.56 Å². The molecule has 18 heavy (non-hydrogen) atoms. The summed E-state index contributed by atoms with van der Waals surface area (Å²) in [5, 5.41) is 1.57. The van der Waals surface area contributed by atoms with E-state index in [-0.39, 0.29) is 5.82 Å². The second-order valence-corrected chi connectivity index (χ2v) is 4.07. The molecular weight excluding hydrogens is 233 g/mol. The fourth-order valence-electron chi connectivity index (χ4n) is 2.11. The minimum atomic E-state index is -0.400. The number of ether oxygens (including phenoxy) is 1. The van der Waals surface area contributed by atoms with Crippen LogP contribution >= 0.6 is 0 Å². The van der Waals surface area contributed by atoms with E-state index < -0.39 is 5.97 Å². The lowest BCUT2D eigenvalue weighted by atomic mass is 10.1. The average molecular weight is 243 g/mol. The van der Waals surface area contributed by atoms with Crippen molar-refractivity contribution < 1.29 is 13.9 Å². The van der Waals surface area contributed by atoms with Crippen molar-refractivity contribution in [2.45, 2.75) is 0 Å². The normalized spacial score (nSPS) is 11.0. The predicted molar refractivity (Wildman–Crippen MR) is 67.1 cm³/mol. The maximum Gasteiger partial charge on any atom is 0.337 e. The number of hydrogen-bond donors (Lipinski definition) is 1. The summed E-state index contributed by atoms with van der Waals surface area (Å²) >= 11 is 0. The van der Waals surface area contributed by atoms with Gasteiger partial charge in [-0.25, -0.2) is 9.18 Å². The van der Waals surface area contributed by atoms with Crippen LogP contribution in [-0.2, 0) is 4.74 Å². The number of H-pyrrole nitrogens is 1. The molecule has 1 heterocycles. The molecule has 0 aliphatic rings. The van der Waals surface area contributed by atoms with Gasteiger partial charge in [0.1, 0.15) is 5.82 Å². The lowest BCUT2D eigenvalue weighted by Gasteiger charge is -1.99. The first kappa shape index (κ1) is 10.8. The minimum Gasteiger partial charge on any atom is -0.465 e. The molecule has 0 bridgehead atoms. The molecule has 90 valence electrons. The first-order valence-electron chi connectivity index (χ1n) is 5.48. The maximum absolute atomic E-state index is 13.3. The van der Waals surface area contributed by atoms with Gasteiger partial charge in [-0.05, 0) is 36.4 Å². The zero-order valence-corrected chi connectivity index (χ0v) is 9.66. The van der Waals surface area contributed by atoms with Crippen LogP contribution in [0.5, 0.6) is 0 Å². The maximum atomic E-state index is 13.3. The summed E-state index contributed by atoms with van der Waals surface area (Å²) in [7, 11) is 1.33. The smallest absolute Gasteiger partial charge is 0.337 e. The van der Waals surface area contributed by atoms with E-state index >= 15 is 0 Å². The van der Waals surface area contributed by atoms with E-state index in [1.165, 1.54) is 19.2 Å². The van der Waals surface area contributed by atoms with Gasteiger partial charge in [0.15, 0.2) is 0 Å². The number of esters is 1. The Morgan fingerprint density at radius 2 is 1.78 bits per heavy atom. The van der Waals surface area contributed by atoms with Gasteiger partial charge in [-0.1, -0.05) is 0 Å². The molecule has 1 N–H and O–H groups in total. The summed E-state index contributed by atoms with van der Waals surface area (Å²) in [6.45, 7) is 0. The number of hydrogen-bond acceptors (Lipinski definition) is 2. The highest BCUT2D eigenvalue weighted by Gasteiger charge is 2.10. The van der Waals surface area contributed by atoms with Crippen molar-refractivity contribution >= 4 is 27.8 Å². The fraction of sp³-hybridized carbons (Fsp3) is 0.0714. The molecule has 0 aliphatic heterocycles. The Labute approximate surface area is 102 Å². The van der Waals surface area contributed by atoms with E-state index in [1.54, 1.807) is 24.3 Å². The average Bonchev–Trinajstić information content (AvgIpc) is 2.75. The van der Waals surface area contributed by atoms with Gasteiger partial charge in [0.2, 0.25) is 0 Å². The third-order valence-corrected chi connectivity index (χ3v) is 2.98. The van der Waals surface area contributed by atoms with Crippen molar-refractivity contribution in [2.24, 2.45) is 0 Å². The molecule has 0 aliphatic carbocycles. The Morgan fingerprint density at radius 1 is 1.11 bits per heavy atom. The number of halogens is 1. The van der Waals surface area contributed by atoms with Crippen LogP contribution in [0.3, 0.4) is 0 Å². The topological polar surface area (TPSA) is 42.1 Å². The third-order valence-electron chi connectivity index (χ3n) is 2.98. The number of nitrogens with one attached hydrogen (secondary N) is 1. The van der Waals surface area contributed by atoms with Gasteiger partial charge in [0.25, 0.3) is 0 Å². The Hall–Kier alpha value is -2.36. The van der Waals surface area contributed by atoms with E-state index in [9.17, 15) is 9.18 Å². The summed E-state index contributed by atoms with van der Waals surface area (Å²) in [4.78, 5) is 14.6. The Morgan fingerprint density at radius 3 is 2.50 bits per heavy atom. The van der Waals surface area contributed by atoms with E-state index in [2.05, 4.69) is 9.72 Å². The van der Waals surface area contributed by atoms with Crippen LogP contribution < -0.4 is 0 Å². The van der Waals surface area contributed by atoms with E-state index in [1.807, 2.05) is 0 Å². The van der Waals surface area contributed by atoms with Gasteiger partial charge in [-0.15, -0.1) is 0 Å². The minimum absolute atomic E-state index is 0.299. The van der Waals surface area contributed by atoms with Crippen molar-refractivity contribution in [3.05, 3.63) is 47.8 Å². The second-order valence-electron chi connectivity index (χ2n) is 4.07. The number of carbonyl (C=O) groups is 1. The third kappa shape index (κ3) is 1.54. The molecule has 2 aromatic carbocycles. The lowest BCUT2D eigenvalue weighted by molar-refractivity contribution is 0.0601. The fourth-order valence-corrected chi connectivity index (χ4v) is 2.11. The van der Waals surface area contributed by atoms with Gasteiger partial charge in [0, 0.05) is 21.8 Å². The van der Waals surface area contributed by atoms with Crippen molar-refractivity contribution in [3.63, 3.8) is 0 Å². The molecule has 3 aromatic rings. The molecule has 3 rings (SSSR count). The summed E-state index contributed by atoms with van der Waals surface area (Å²) in [6.07, 6.45) is 0. The quantitative estimate of drug-likeness (QED) is 0.666. The Kier molecular flexibility index (Phi) is 2.30. The van der Waals surface area contributed by atoms with Crippen LogP contribution in [0.2, 0.25) is 0 Å². The summed E-state index contributed by atoms with van der Waals surface area (Å²) in [5.74, 6) is -0.700. The van der Waals surface area contributed by atoms with E-state index in [4.69, 9.17) is 0 Å². The second kappa shape index (κ2) is 3.84. The number of carbonyl (C=O) groups excluding carboxylic acids is 1. The highest BCUT2D eigenvalue weighted by molar-refractivity contribution is 6.09. The number of rotatable bonds is 1. The number of aromatic nitrogens is 1. The summed E-state index contributed by atoms with van der Waals surface area (Å²) in [5.41, 5.74) is 2.16. The van der Waals surface area contributed by atoms with Crippen molar-refractivity contribution in [3.8, 4) is 0 Å². The molecule has 0 saturated carbocycles. The first-order chi connectivity index (χ1) is 8.69. The van der Waals surface area contributed by atoms with Crippen LogP contribution in [0.1, 0.15) is 10.4 Å². The monoisotopic (exact) mass is 243 g/mol. The summed E-state index contributed by atoms with van der Waals surface area (Å²) < 4.78 is 17.9. The molecule has 0 radical (unpaired) electrons. The molecule has 0 atom stereocenters. The largest absolute Gasteiger partial charge is 0.465 e. The molecule has 0 fully saturated rings. The van der Waals surface area contributed by atoms with Gasteiger partial charge in [-0.2, -0.15) is 0 Å². The molecule has 0 amide bonds. The van der Waals surface area contributed by atoms with Crippen LogP contribution in [0, 0.1) is 5.82 Å². The number of benzene rings is 2. The summed E-state index contributed by atoms with van der Waals surface area (Å²) in [6, 6.07) is 9.72. The lowest BCUT2D eigenvalue weighted by Crippen LogP contribution is -2.00. The Bertz CT molecular complexity index is 761. The van der Waals surface area contributed by atoms with Crippen LogP contribution in [0.25, 0.3) is 21.8 Å². The molecule has 3 nitrogen and oxygen atoms in total. The van der Waals surface area contributed by atoms with Crippen molar-refractivity contribution in [1.82, 2.24) is 4.98 Å². The molecule has 4 heteroatoms. The SMILES string of the molecule is COC(=O)c1ccc2[nH]c3ccc(F)cc3c2c1. The van der Waals surface area contributed by atoms with Crippen LogP contribution in [0.4, 0.5) is 4.39 Å². The van der Waals surface area contributed by atoms with Gasteiger partial charge >= 0.3 is 5.97 Å². The van der Waals surface area contributed by atoms with Crippen LogP contribution in [-0.4, -0.2) is 18.1 Å². The standard InChI is InChI=1S/C14H10FNO2/c1-18-14(17)8-2-4-12-10(6-8)11-7-9(15)3-5-13(11)16-12/h2-7,16H,1H3. The van der Waals surface area contributed by atoms with Crippen LogP contribution in [0.15, 0.2) is 36.4 Å². The molecule has 0 spiro atoms. The molecule has 0 unspecified atom stereocenters. The first-order valence-corrected chi connectivity index (χ1v) is 5.48. The number of aromatic amines is 1. The molecular formula is C14H10FNO2. The number of methoxy groups -OCH3 is 1.